The summed E-state index contributed by atoms with van der Waals surface area (Å²) in [6.07, 6.45) is 0.679. The molecule has 2 heterocycles. The number of carbonyl (C=O) groups is 2. The van der Waals surface area contributed by atoms with Gasteiger partial charge in [0.15, 0.2) is 0 Å². The van der Waals surface area contributed by atoms with Crippen LogP contribution in [0, 0.1) is 0 Å². The standard InChI is InChI=1S/C24H23F3N6O3/c25-24(26,27)19-3-1-2-4-20(19)32-17-6-5-16(30-13-17)12-31-22(36)23(8-7-18(34)9-23)33-21(35)15-10-28-14-29-11-15/h1-6,10-11,13-14,18,32,34H,7-9,12H2,(H,31,36)(H,33,35). The lowest BCUT2D eigenvalue weighted by Gasteiger charge is -2.29. The molecule has 0 bridgehead atoms. The topological polar surface area (TPSA) is 129 Å². The minimum absolute atomic E-state index is 0.0143. The summed E-state index contributed by atoms with van der Waals surface area (Å²) in [5, 5.41) is 18.2. The number of halogens is 3. The van der Waals surface area contributed by atoms with Gasteiger partial charge in [0.1, 0.15) is 11.9 Å². The average Bonchev–Trinajstić information content (AvgIpc) is 3.25. The monoisotopic (exact) mass is 500 g/mol. The number of pyridine rings is 1. The molecule has 2 unspecified atom stereocenters. The van der Waals surface area contributed by atoms with Crippen molar-refractivity contribution in [3.05, 3.63) is 78.1 Å². The lowest BCUT2D eigenvalue weighted by Crippen LogP contribution is -2.57. The molecular weight excluding hydrogens is 477 g/mol. The van der Waals surface area contributed by atoms with E-state index in [0.717, 1.165) is 6.07 Å². The summed E-state index contributed by atoms with van der Waals surface area (Å²) >= 11 is 0. The third-order valence-electron chi connectivity index (χ3n) is 5.86. The number of carbonyl (C=O) groups excluding carboxylic acids is 2. The summed E-state index contributed by atoms with van der Waals surface area (Å²) in [5.41, 5.74) is -1.23. The second-order valence-corrected chi connectivity index (χ2v) is 8.45. The fourth-order valence-electron chi connectivity index (χ4n) is 4.04. The molecule has 0 radical (unpaired) electrons. The Balaban J connectivity index is 1.40. The van der Waals surface area contributed by atoms with Crippen LogP contribution >= 0.6 is 0 Å². The molecule has 1 fully saturated rings. The summed E-state index contributed by atoms with van der Waals surface area (Å²) in [4.78, 5) is 37.5. The van der Waals surface area contributed by atoms with Crippen molar-refractivity contribution in [2.45, 2.75) is 43.6 Å². The molecule has 12 heteroatoms. The second-order valence-electron chi connectivity index (χ2n) is 8.45. The van der Waals surface area contributed by atoms with E-state index in [4.69, 9.17) is 0 Å². The molecular formula is C24H23F3N6O3. The van der Waals surface area contributed by atoms with E-state index < -0.39 is 35.2 Å². The Morgan fingerprint density at radius 2 is 1.83 bits per heavy atom. The number of nitrogens with zero attached hydrogens (tertiary/aromatic N) is 3. The van der Waals surface area contributed by atoms with Crippen molar-refractivity contribution >= 4 is 23.2 Å². The zero-order valence-electron chi connectivity index (χ0n) is 18.9. The number of nitrogens with one attached hydrogen (secondary N) is 3. The highest BCUT2D eigenvalue weighted by Crippen LogP contribution is 2.36. The van der Waals surface area contributed by atoms with Crippen LogP contribution in [0.1, 0.15) is 40.9 Å². The first-order chi connectivity index (χ1) is 17.2. The molecule has 4 N–H and O–H groups in total. The Bertz CT molecular complexity index is 1220. The molecule has 1 aliphatic carbocycles. The van der Waals surface area contributed by atoms with Gasteiger partial charge in [-0.05, 0) is 37.1 Å². The molecule has 188 valence electrons. The maximum atomic E-state index is 13.2. The van der Waals surface area contributed by atoms with Crippen LogP contribution in [0.4, 0.5) is 24.5 Å². The molecule has 0 saturated heterocycles. The molecule has 0 spiro atoms. The zero-order valence-corrected chi connectivity index (χ0v) is 18.9. The van der Waals surface area contributed by atoms with Gasteiger partial charge < -0.3 is 21.1 Å². The largest absolute Gasteiger partial charge is 0.418 e. The van der Waals surface area contributed by atoms with Crippen LogP contribution in [0.5, 0.6) is 0 Å². The van der Waals surface area contributed by atoms with Crippen LogP contribution in [0.15, 0.2) is 61.3 Å². The highest BCUT2D eigenvalue weighted by Gasteiger charge is 2.46. The summed E-state index contributed by atoms with van der Waals surface area (Å²) in [6, 6.07) is 8.22. The summed E-state index contributed by atoms with van der Waals surface area (Å²) in [6.45, 7) is 0.0143. The molecule has 4 rings (SSSR count). The van der Waals surface area contributed by atoms with E-state index in [1.807, 2.05) is 0 Å². The number of benzene rings is 1. The number of amides is 2. The number of rotatable bonds is 7. The summed E-state index contributed by atoms with van der Waals surface area (Å²) in [7, 11) is 0. The molecule has 2 aromatic heterocycles. The first-order valence-electron chi connectivity index (χ1n) is 11.1. The van der Waals surface area contributed by atoms with Crippen molar-refractivity contribution in [2.24, 2.45) is 0 Å². The van der Waals surface area contributed by atoms with Crippen LogP contribution < -0.4 is 16.0 Å². The van der Waals surface area contributed by atoms with Gasteiger partial charge in [-0.15, -0.1) is 0 Å². The first-order valence-corrected chi connectivity index (χ1v) is 11.1. The Morgan fingerprint density at radius 1 is 1.08 bits per heavy atom. The van der Waals surface area contributed by atoms with E-state index in [2.05, 4.69) is 30.9 Å². The Kier molecular flexibility index (Phi) is 7.15. The highest BCUT2D eigenvalue weighted by atomic mass is 19.4. The van der Waals surface area contributed by atoms with Gasteiger partial charge in [0.25, 0.3) is 5.91 Å². The number of para-hydroxylation sites is 1. The van der Waals surface area contributed by atoms with E-state index >= 15 is 0 Å². The molecule has 1 aliphatic rings. The van der Waals surface area contributed by atoms with Gasteiger partial charge >= 0.3 is 6.18 Å². The molecule has 36 heavy (non-hydrogen) atoms. The molecule has 0 aliphatic heterocycles. The van der Waals surface area contributed by atoms with Crippen LogP contribution in [0.25, 0.3) is 0 Å². The van der Waals surface area contributed by atoms with E-state index in [9.17, 15) is 27.9 Å². The number of aliphatic hydroxyl groups excluding tert-OH is 1. The third-order valence-corrected chi connectivity index (χ3v) is 5.86. The van der Waals surface area contributed by atoms with Gasteiger partial charge in [0.2, 0.25) is 5.91 Å². The minimum atomic E-state index is -4.51. The van der Waals surface area contributed by atoms with Crippen molar-refractivity contribution in [1.29, 1.82) is 0 Å². The van der Waals surface area contributed by atoms with Crippen LogP contribution in [0.2, 0.25) is 0 Å². The fraction of sp³-hybridized carbons (Fsp3) is 0.292. The number of aliphatic hydroxyl groups is 1. The smallest absolute Gasteiger partial charge is 0.393 e. The Hall–Kier alpha value is -4.06. The summed E-state index contributed by atoms with van der Waals surface area (Å²) < 4.78 is 39.6. The zero-order chi connectivity index (χ0) is 25.8. The van der Waals surface area contributed by atoms with Gasteiger partial charge in [0, 0.05) is 18.8 Å². The number of hydrogen-bond donors (Lipinski definition) is 4. The Morgan fingerprint density at radius 3 is 2.47 bits per heavy atom. The second kappa shape index (κ2) is 10.3. The quantitative estimate of drug-likeness (QED) is 0.393. The molecule has 2 amide bonds. The molecule has 1 saturated carbocycles. The SMILES string of the molecule is O=C(NC1(C(=O)NCc2ccc(Nc3ccccc3C(F)(F)F)cn2)CCC(O)C1)c1cncnc1. The number of hydrogen-bond acceptors (Lipinski definition) is 7. The third kappa shape index (κ3) is 5.77. The molecule has 9 nitrogen and oxygen atoms in total. The van der Waals surface area contributed by atoms with Gasteiger partial charge in [-0.3, -0.25) is 14.6 Å². The van der Waals surface area contributed by atoms with Crippen LogP contribution in [-0.4, -0.2) is 43.5 Å². The highest BCUT2D eigenvalue weighted by molar-refractivity contribution is 5.99. The van der Waals surface area contributed by atoms with E-state index in [-0.39, 0.29) is 30.6 Å². The van der Waals surface area contributed by atoms with Crippen molar-refractivity contribution in [1.82, 2.24) is 25.6 Å². The van der Waals surface area contributed by atoms with Crippen molar-refractivity contribution < 1.29 is 27.9 Å². The number of aromatic nitrogens is 3. The first kappa shape index (κ1) is 25.0. The van der Waals surface area contributed by atoms with Gasteiger partial charge in [0.05, 0.1) is 47.0 Å². The van der Waals surface area contributed by atoms with E-state index in [1.165, 1.54) is 43.1 Å². The van der Waals surface area contributed by atoms with Crippen LogP contribution in [-0.2, 0) is 17.5 Å². The summed E-state index contributed by atoms with van der Waals surface area (Å²) in [5.74, 6) is -1.01. The molecule has 3 aromatic rings. The predicted octanol–water partition coefficient (Wildman–Crippen LogP) is 2.96. The fourth-order valence-corrected chi connectivity index (χ4v) is 4.04. The maximum absolute atomic E-state index is 13.2. The Labute approximate surface area is 204 Å². The predicted molar refractivity (Wildman–Crippen MR) is 123 cm³/mol. The van der Waals surface area contributed by atoms with Gasteiger partial charge in [-0.1, -0.05) is 12.1 Å². The van der Waals surface area contributed by atoms with E-state index in [0.29, 0.717) is 17.8 Å². The lowest BCUT2D eigenvalue weighted by atomic mass is 9.95. The van der Waals surface area contributed by atoms with Crippen molar-refractivity contribution in [3.63, 3.8) is 0 Å². The van der Waals surface area contributed by atoms with Crippen LogP contribution in [0.3, 0.4) is 0 Å². The number of anilines is 2. The van der Waals surface area contributed by atoms with Gasteiger partial charge in [-0.2, -0.15) is 13.2 Å². The average molecular weight is 500 g/mol. The van der Waals surface area contributed by atoms with E-state index in [1.54, 1.807) is 12.1 Å². The molecule has 2 atom stereocenters. The lowest BCUT2D eigenvalue weighted by molar-refractivity contribution is -0.137. The van der Waals surface area contributed by atoms with Crippen molar-refractivity contribution in [3.8, 4) is 0 Å². The molecule has 1 aromatic carbocycles. The van der Waals surface area contributed by atoms with Gasteiger partial charge in [-0.25, -0.2) is 9.97 Å². The number of alkyl halides is 3. The minimum Gasteiger partial charge on any atom is -0.393 e. The maximum Gasteiger partial charge on any atom is 0.418 e. The normalized spacial score (nSPS) is 19.5. The van der Waals surface area contributed by atoms with Crippen molar-refractivity contribution in [2.75, 3.05) is 5.32 Å².